The molecule has 0 N–H and O–H groups in total. The lowest BCUT2D eigenvalue weighted by Crippen LogP contribution is -2.18. The lowest BCUT2D eigenvalue weighted by atomic mass is 9.78. The normalized spacial score (nSPS) is 18.0. The average Bonchev–Trinajstić information content (AvgIpc) is 2.79. The van der Waals surface area contributed by atoms with E-state index in [4.69, 9.17) is 10.00 Å². The molecule has 1 heterocycles. The van der Waals surface area contributed by atoms with Gasteiger partial charge in [-0.2, -0.15) is 10.4 Å². The fraction of sp³-hybridized carbons (Fsp3) is 0.688. The topological polar surface area (TPSA) is 67.9 Å². The van der Waals surface area contributed by atoms with Gasteiger partial charge in [0, 0.05) is 29.0 Å². The van der Waals surface area contributed by atoms with Crippen LogP contribution >= 0.6 is 0 Å². The average molecular weight is 289 g/mol. The van der Waals surface area contributed by atoms with Gasteiger partial charge in [-0.25, -0.2) is 0 Å². The monoisotopic (exact) mass is 289 g/mol. The molecule has 1 aliphatic rings. The Balaban J connectivity index is 2.51. The van der Waals surface area contributed by atoms with Crippen LogP contribution in [0.25, 0.3) is 0 Å². The zero-order chi connectivity index (χ0) is 15.6. The molecule has 0 amide bonds. The quantitative estimate of drug-likeness (QED) is 0.802. The molecule has 2 rings (SSSR count). The standard InChI is InChI=1S/C16H23N3O2/c1-16(2,3)15-14-11(8-9-17)6-5-7-12(14)19(18-15)10-13(20)21-4/h11H,5-8,10H2,1-4H3. The highest BCUT2D eigenvalue weighted by atomic mass is 16.5. The number of hydrogen-bond acceptors (Lipinski definition) is 4. The maximum atomic E-state index is 11.6. The van der Waals surface area contributed by atoms with E-state index >= 15 is 0 Å². The fourth-order valence-corrected chi connectivity index (χ4v) is 3.05. The van der Waals surface area contributed by atoms with E-state index in [0.29, 0.717) is 6.42 Å². The van der Waals surface area contributed by atoms with Crippen molar-refractivity contribution >= 4 is 5.97 Å². The molecule has 1 unspecified atom stereocenters. The molecule has 0 saturated heterocycles. The van der Waals surface area contributed by atoms with Crippen LogP contribution in [-0.2, 0) is 27.9 Å². The van der Waals surface area contributed by atoms with Crippen LogP contribution in [0.1, 0.15) is 62.9 Å². The first-order chi connectivity index (χ1) is 9.88. The molecule has 1 atom stereocenters. The van der Waals surface area contributed by atoms with Crippen molar-refractivity contribution < 1.29 is 9.53 Å². The number of carbonyl (C=O) groups excluding carboxylic acids is 1. The predicted molar refractivity (Wildman–Crippen MR) is 78.9 cm³/mol. The summed E-state index contributed by atoms with van der Waals surface area (Å²) in [6.07, 6.45) is 3.49. The number of carbonyl (C=O) groups is 1. The predicted octanol–water partition coefficient (Wildman–Crippen LogP) is 2.69. The summed E-state index contributed by atoms with van der Waals surface area (Å²) in [5.41, 5.74) is 3.22. The molecule has 0 spiro atoms. The molecular formula is C16H23N3O2. The highest BCUT2D eigenvalue weighted by molar-refractivity contribution is 5.69. The number of rotatable bonds is 3. The van der Waals surface area contributed by atoms with Gasteiger partial charge in [-0.05, 0) is 19.3 Å². The zero-order valence-corrected chi connectivity index (χ0v) is 13.3. The van der Waals surface area contributed by atoms with Gasteiger partial charge >= 0.3 is 5.97 Å². The second-order valence-electron chi connectivity index (χ2n) is 6.64. The molecule has 1 aromatic heterocycles. The molecule has 0 aromatic carbocycles. The van der Waals surface area contributed by atoms with E-state index in [1.807, 2.05) is 0 Å². The minimum absolute atomic E-state index is 0.101. The number of nitriles is 1. The van der Waals surface area contributed by atoms with Gasteiger partial charge in [-0.15, -0.1) is 0 Å². The number of methoxy groups -OCH3 is 1. The van der Waals surface area contributed by atoms with Crippen LogP contribution < -0.4 is 0 Å². The smallest absolute Gasteiger partial charge is 0.327 e. The zero-order valence-electron chi connectivity index (χ0n) is 13.3. The molecule has 0 radical (unpaired) electrons. The van der Waals surface area contributed by atoms with Crippen molar-refractivity contribution in [1.29, 1.82) is 5.26 Å². The second-order valence-corrected chi connectivity index (χ2v) is 6.64. The van der Waals surface area contributed by atoms with Crippen LogP contribution in [0.2, 0.25) is 0 Å². The highest BCUT2D eigenvalue weighted by Gasteiger charge is 2.33. The summed E-state index contributed by atoms with van der Waals surface area (Å²) in [5, 5.41) is 13.8. The summed E-state index contributed by atoms with van der Waals surface area (Å²) >= 11 is 0. The first kappa shape index (κ1) is 15.6. The third-order valence-corrected chi connectivity index (χ3v) is 4.03. The Hall–Kier alpha value is -1.83. The molecule has 0 fully saturated rings. The summed E-state index contributed by atoms with van der Waals surface area (Å²) in [5.74, 6) is -0.0532. The molecule has 1 aromatic rings. The van der Waals surface area contributed by atoms with Crippen molar-refractivity contribution in [3.63, 3.8) is 0 Å². The Bertz CT molecular complexity index is 576. The third-order valence-electron chi connectivity index (χ3n) is 4.03. The Morgan fingerprint density at radius 3 is 2.81 bits per heavy atom. The molecular weight excluding hydrogens is 266 g/mol. The van der Waals surface area contributed by atoms with E-state index in [9.17, 15) is 4.79 Å². The first-order valence-electron chi connectivity index (χ1n) is 7.42. The molecule has 0 saturated carbocycles. The molecule has 0 bridgehead atoms. The maximum absolute atomic E-state index is 11.6. The largest absolute Gasteiger partial charge is 0.468 e. The number of ether oxygens (including phenoxy) is 1. The van der Waals surface area contributed by atoms with Crippen LogP contribution in [-0.4, -0.2) is 22.9 Å². The van der Waals surface area contributed by atoms with Crippen molar-refractivity contribution in [1.82, 2.24) is 9.78 Å². The maximum Gasteiger partial charge on any atom is 0.327 e. The number of nitrogens with zero attached hydrogens (tertiary/aromatic N) is 3. The highest BCUT2D eigenvalue weighted by Crippen LogP contribution is 2.40. The van der Waals surface area contributed by atoms with Crippen molar-refractivity contribution in [3.05, 3.63) is 17.0 Å². The third kappa shape index (κ3) is 3.10. The second kappa shape index (κ2) is 5.88. The summed E-state index contributed by atoms with van der Waals surface area (Å²) in [6, 6.07) is 2.29. The van der Waals surface area contributed by atoms with Gasteiger partial charge in [-0.1, -0.05) is 20.8 Å². The lowest BCUT2D eigenvalue weighted by Gasteiger charge is -2.25. The van der Waals surface area contributed by atoms with Gasteiger partial charge in [0.25, 0.3) is 0 Å². The van der Waals surface area contributed by atoms with Crippen molar-refractivity contribution in [2.45, 2.75) is 64.3 Å². The van der Waals surface area contributed by atoms with Crippen molar-refractivity contribution in [3.8, 4) is 6.07 Å². The lowest BCUT2D eigenvalue weighted by molar-refractivity contribution is -0.141. The van der Waals surface area contributed by atoms with Gasteiger partial charge in [0.1, 0.15) is 6.54 Å². The van der Waals surface area contributed by atoms with Gasteiger partial charge in [-0.3, -0.25) is 9.48 Å². The van der Waals surface area contributed by atoms with Gasteiger partial charge in [0.05, 0.1) is 18.9 Å². The molecule has 1 aliphatic carbocycles. The summed E-state index contributed by atoms with van der Waals surface area (Å²) in [6.45, 7) is 6.51. The van der Waals surface area contributed by atoms with Crippen LogP contribution in [0.4, 0.5) is 0 Å². The van der Waals surface area contributed by atoms with E-state index in [0.717, 1.165) is 30.7 Å². The Labute approximate surface area is 125 Å². The molecule has 0 aliphatic heterocycles. The minimum atomic E-state index is -0.289. The SMILES string of the molecule is COC(=O)Cn1nc(C(C)(C)C)c2c1CCCC2CC#N. The Kier molecular flexibility index (Phi) is 4.36. The van der Waals surface area contributed by atoms with E-state index < -0.39 is 0 Å². The van der Waals surface area contributed by atoms with Gasteiger partial charge < -0.3 is 4.74 Å². The summed E-state index contributed by atoms with van der Waals surface area (Å²) < 4.78 is 6.55. The fourth-order valence-electron chi connectivity index (χ4n) is 3.05. The van der Waals surface area contributed by atoms with Crippen molar-refractivity contribution in [2.24, 2.45) is 0 Å². The van der Waals surface area contributed by atoms with Crippen LogP contribution in [0.3, 0.4) is 0 Å². The van der Waals surface area contributed by atoms with Gasteiger partial charge in [0.2, 0.25) is 0 Å². The Morgan fingerprint density at radius 1 is 1.52 bits per heavy atom. The Morgan fingerprint density at radius 2 is 2.24 bits per heavy atom. The first-order valence-corrected chi connectivity index (χ1v) is 7.42. The van der Waals surface area contributed by atoms with E-state index in [1.54, 1.807) is 4.68 Å². The van der Waals surface area contributed by atoms with E-state index in [-0.39, 0.29) is 23.8 Å². The van der Waals surface area contributed by atoms with E-state index in [2.05, 4.69) is 31.9 Å². The van der Waals surface area contributed by atoms with E-state index in [1.165, 1.54) is 12.7 Å². The number of hydrogen-bond donors (Lipinski definition) is 0. The van der Waals surface area contributed by atoms with Gasteiger partial charge in [0.15, 0.2) is 0 Å². The summed E-state index contributed by atoms with van der Waals surface area (Å²) in [4.78, 5) is 11.6. The molecule has 5 nitrogen and oxygen atoms in total. The van der Waals surface area contributed by atoms with Crippen LogP contribution in [0, 0.1) is 11.3 Å². The molecule has 21 heavy (non-hydrogen) atoms. The number of esters is 1. The molecule has 5 heteroatoms. The molecule has 114 valence electrons. The summed E-state index contributed by atoms with van der Waals surface area (Å²) in [7, 11) is 1.39. The van der Waals surface area contributed by atoms with Crippen LogP contribution in [0.5, 0.6) is 0 Å². The minimum Gasteiger partial charge on any atom is -0.468 e. The van der Waals surface area contributed by atoms with Crippen molar-refractivity contribution in [2.75, 3.05) is 7.11 Å². The number of aromatic nitrogens is 2. The number of fused-ring (bicyclic) bond motifs is 1. The van der Waals surface area contributed by atoms with Crippen LogP contribution in [0.15, 0.2) is 0 Å².